The Bertz CT molecular complexity index is 736. The van der Waals surface area contributed by atoms with Crippen LogP contribution in [0.15, 0.2) is 24.4 Å². The topological polar surface area (TPSA) is 82.6 Å². The van der Waals surface area contributed by atoms with Gasteiger partial charge >= 0.3 is 11.9 Å². The Morgan fingerprint density at radius 1 is 1.28 bits per heavy atom. The maximum atomic E-state index is 11.7. The number of carbonyl (C=O) groups is 2. The van der Waals surface area contributed by atoms with Crippen molar-refractivity contribution in [3.05, 3.63) is 30.0 Å². The normalized spacial score (nSPS) is 11.4. The van der Waals surface area contributed by atoms with Crippen LogP contribution in [0, 0.1) is 0 Å². The molecule has 0 aliphatic heterocycles. The van der Waals surface area contributed by atoms with Crippen LogP contribution < -0.4 is 4.74 Å². The lowest BCUT2D eigenvalue weighted by Crippen LogP contribution is -2.28. The number of aliphatic carboxylic acids is 1. The number of nitrogens with zero attached hydrogens (tertiary/aromatic N) is 1. The van der Waals surface area contributed by atoms with Crippen molar-refractivity contribution in [3.8, 4) is 5.75 Å². The minimum atomic E-state index is -0.906. The molecule has 136 valence electrons. The van der Waals surface area contributed by atoms with E-state index in [1.165, 1.54) is 5.56 Å². The van der Waals surface area contributed by atoms with Gasteiger partial charge in [-0.05, 0) is 51.4 Å². The van der Waals surface area contributed by atoms with Gasteiger partial charge in [-0.25, -0.2) is 0 Å². The summed E-state index contributed by atoms with van der Waals surface area (Å²) >= 11 is 0. The summed E-state index contributed by atoms with van der Waals surface area (Å²) in [4.78, 5) is 27.7. The Hall–Kier alpha value is -2.34. The molecule has 0 fully saturated rings. The van der Waals surface area contributed by atoms with Gasteiger partial charge in [-0.2, -0.15) is 0 Å². The molecule has 0 saturated carbocycles. The molecule has 2 aromatic rings. The summed E-state index contributed by atoms with van der Waals surface area (Å²) in [7, 11) is 2.11. The SMILES string of the molecule is CC(C)N(C)CCc1c[nH]c2cc(OC(=O)CCCC(=O)O)ccc12. The molecule has 1 heterocycles. The van der Waals surface area contributed by atoms with Gasteiger partial charge in [0.05, 0.1) is 0 Å². The summed E-state index contributed by atoms with van der Waals surface area (Å²) in [6.45, 7) is 5.32. The predicted octanol–water partition coefficient (Wildman–Crippen LogP) is 3.21. The fourth-order valence-electron chi connectivity index (χ4n) is 2.56. The van der Waals surface area contributed by atoms with Gasteiger partial charge in [0.25, 0.3) is 0 Å². The number of likely N-dealkylation sites (N-methyl/N-ethyl adjacent to an activating group) is 1. The molecule has 0 atom stereocenters. The highest BCUT2D eigenvalue weighted by atomic mass is 16.5. The molecular formula is C19H26N2O4. The van der Waals surface area contributed by atoms with Gasteiger partial charge in [0.15, 0.2) is 0 Å². The number of aromatic amines is 1. The first-order chi connectivity index (χ1) is 11.9. The number of aromatic nitrogens is 1. The van der Waals surface area contributed by atoms with Crippen molar-refractivity contribution in [3.63, 3.8) is 0 Å². The molecule has 25 heavy (non-hydrogen) atoms. The first-order valence-corrected chi connectivity index (χ1v) is 8.59. The van der Waals surface area contributed by atoms with Crippen LogP contribution >= 0.6 is 0 Å². The third-order valence-electron chi connectivity index (χ3n) is 4.36. The average molecular weight is 346 g/mol. The first kappa shape index (κ1) is 19.0. The molecule has 0 unspecified atom stereocenters. The molecule has 1 aromatic heterocycles. The smallest absolute Gasteiger partial charge is 0.311 e. The lowest BCUT2D eigenvalue weighted by molar-refractivity contribution is -0.137. The second-order valence-corrected chi connectivity index (χ2v) is 6.57. The van der Waals surface area contributed by atoms with E-state index in [1.54, 1.807) is 12.1 Å². The van der Waals surface area contributed by atoms with Crippen LogP contribution in [0.2, 0.25) is 0 Å². The molecule has 0 spiro atoms. The van der Waals surface area contributed by atoms with E-state index < -0.39 is 11.9 Å². The van der Waals surface area contributed by atoms with E-state index in [9.17, 15) is 9.59 Å². The Morgan fingerprint density at radius 3 is 2.72 bits per heavy atom. The van der Waals surface area contributed by atoms with Crippen molar-refractivity contribution < 1.29 is 19.4 Å². The number of ether oxygens (including phenoxy) is 1. The van der Waals surface area contributed by atoms with Crippen LogP contribution in [-0.4, -0.2) is 46.6 Å². The van der Waals surface area contributed by atoms with E-state index in [0.29, 0.717) is 11.8 Å². The van der Waals surface area contributed by atoms with Crippen molar-refractivity contribution in [1.29, 1.82) is 0 Å². The highest BCUT2D eigenvalue weighted by Crippen LogP contribution is 2.24. The maximum absolute atomic E-state index is 11.7. The molecule has 0 aliphatic rings. The second-order valence-electron chi connectivity index (χ2n) is 6.57. The maximum Gasteiger partial charge on any atom is 0.311 e. The summed E-state index contributed by atoms with van der Waals surface area (Å²) in [5.74, 6) is -0.845. The molecule has 2 N–H and O–H groups in total. The standard InChI is InChI=1S/C19H26N2O4/c1-13(2)21(3)10-9-14-12-20-17-11-15(7-8-16(14)17)25-19(24)6-4-5-18(22)23/h7-8,11-13,20H,4-6,9-10H2,1-3H3,(H,22,23). The Kier molecular flexibility index (Phi) is 6.58. The fourth-order valence-corrected chi connectivity index (χ4v) is 2.56. The zero-order valence-corrected chi connectivity index (χ0v) is 15.0. The van der Waals surface area contributed by atoms with Gasteiger partial charge in [-0.3, -0.25) is 9.59 Å². The third-order valence-corrected chi connectivity index (χ3v) is 4.36. The van der Waals surface area contributed by atoms with Gasteiger partial charge in [0, 0.05) is 48.6 Å². The number of hydrogen-bond donors (Lipinski definition) is 2. The Morgan fingerprint density at radius 2 is 2.04 bits per heavy atom. The molecule has 6 heteroatoms. The number of esters is 1. The summed E-state index contributed by atoms with van der Waals surface area (Å²) in [6, 6.07) is 6.05. The molecule has 6 nitrogen and oxygen atoms in total. The summed E-state index contributed by atoms with van der Waals surface area (Å²) in [5.41, 5.74) is 2.17. The number of carboxylic acids is 1. The van der Waals surface area contributed by atoms with Crippen molar-refractivity contribution in [2.45, 2.75) is 45.6 Å². The van der Waals surface area contributed by atoms with Gasteiger partial charge < -0.3 is 19.7 Å². The number of hydrogen-bond acceptors (Lipinski definition) is 4. The highest BCUT2D eigenvalue weighted by molar-refractivity contribution is 5.85. The van der Waals surface area contributed by atoms with E-state index in [-0.39, 0.29) is 19.3 Å². The number of nitrogens with one attached hydrogen (secondary N) is 1. The summed E-state index contributed by atoms with van der Waals surface area (Å²) in [5, 5.41) is 9.71. The first-order valence-electron chi connectivity index (χ1n) is 8.59. The molecule has 0 saturated heterocycles. The minimum Gasteiger partial charge on any atom is -0.481 e. The summed E-state index contributed by atoms with van der Waals surface area (Å²) in [6.07, 6.45) is 3.30. The number of H-pyrrole nitrogens is 1. The largest absolute Gasteiger partial charge is 0.481 e. The van der Waals surface area contributed by atoms with Crippen LogP contribution in [-0.2, 0) is 16.0 Å². The van der Waals surface area contributed by atoms with Crippen molar-refractivity contribution >= 4 is 22.8 Å². The zero-order valence-electron chi connectivity index (χ0n) is 15.0. The minimum absolute atomic E-state index is 0.0288. The van der Waals surface area contributed by atoms with Crippen LogP contribution in [0.4, 0.5) is 0 Å². The zero-order chi connectivity index (χ0) is 18.4. The van der Waals surface area contributed by atoms with Crippen LogP contribution in [0.3, 0.4) is 0 Å². The van der Waals surface area contributed by atoms with E-state index in [1.807, 2.05) is 12.3 Å². The fraction of sp³-hybridized carbons (Fsp3) is 0.474. The van der Waals surface area contributed by atoms with Crippen molar-refractivity contribution in [2.24, 2.45) is 0 Å². The van der Waals surface area contributed by atoms with Crippen LogP contribution in [0.5, 0.6) is 5.75 Å². The molecule has 1 aromatic carbocycles. The van der Waals surface area contributed by atoms with Crippen LogP contribution in [0.25, 0.3) is 10.9 Å². The van der Waals surface area contributed by atoms with Gasteiger partial charge in [0.1, 0.15) is 5.75 Å². The van der Waals surface area contributed by atoms with Crippen molar-refractivity contribution in [1.82, 2.24) is 9.88 Å². The van der Waals surface area contributed by atoms with Gasteiger partial charge in [-0.15, -0.1) is 0 Å². The molecular weight excluding hydrogens is 320 g/mol. The number of carboxylic acid groups (broad SMARTS) is 1. The lowest BCUT2D eigenvalue weighted by atomic mass is 10.1. The average Bonchev–Trinajstić information content (AvgIpc) is 2.94. The molecule has 0 bridgehead atoms. The monoisotopic (exact) mass is 346 g/mol. The van der Waals surface area contributed by atoms with Crippen LogP contribution in [0.1, 0.15) is 38.7 Å². The van der Waals surface area contributed by atoms with Crippen molar-refractivity contribution in [2.75, 3.05) is 13.6 Å². The predicted molar refractivity (Wildman–Crippen MR) is 96.9 cm³/mol. The van der Waals surface area contributed by atoms with E-state index in [0.717, 1.165) is 23.9 Å². The number of benzene rings is 1. The van der Waals surface area contributed by atoms with E-state index in [4.69, 9.17) is 9.84 Å². The van der Waals surface area contributed by atoms with E-state index in [2.05, 4.69) is 30.8 Å². The molecule has 0 aliphatic carbocycles. The lowest BCUT2D eigenvalue weighted by Gasteiger charge is -2.20. The van der Waals surface area contributed by atoms with Gasteiger partial charge in [-0.1, -0.05) is 0 Å². The molecule has 0 radical (unpaired) electrons. The summed E-state index contributed by atoms with van der Waals surface area (Å²) < 4.78 is 5.28. The molecule has 2 rings (SSSR count). The number of carbonyl (C=O) groups excluding carboxylic acids is 1. The number of rotatable bonds is 9. The van der Waals surface area contributed by atoms with E-state index >= 15 is 0 Å². The Labute approximate surface area is 147 Å². The second kappa shape index (κ2) is 8.67. The highest BCUT2D eigenvalue weighted by Gasteiger charge is 2.10. The molecule has 0 amide bonds. The quantitative estimate of drug-likeness (QED) is 0.538. The van der Waals surface area contributed by atoms with Gasteiger partial charge in [0.2, 0.25) is 0 Å². The third kappa shape index (κ3) is 5.60. The Balaban J connectivity index is 1.96. The number of fused-ring (bicyclic) bond motifs is 1.